The Bertz CT molecular complexity index is 978. The first-order valence-corrected chi connectivity index (χ1v) is 7.20. The number of benzene rings is 2. The van der Waals surface area contributed by atoms with E-state index in [1.165, 1.54) is 19.2 Å². The van der Waals surface area contributed by atoms with Crippen LogP contribution >= 0.6 is 23.2 Å². The summed E-state index contributed by atoms with van der Waals surface area (Å²) >= 11 is 12.0. The molecule has 0 amide bonds. The lowest BCUT2D eigenvalue weighted by Gasteiger charge is -2.11. The SMILES string of the molecule is COc1c(-c2ccc(Cl)cc2Cl)oc2cc(O)cc(O)c2c1=O. The smallest absolute Gasteiger partial charge is 0.239 e. The van der Waals surface area contributed by atoms with Gasteiger partial charge in [0.05, 0.1) is 12.1 Å². The number of phenols is 2. The third-order valence-electron chi connectivity index (χ3n) is 3.30. The van der Waals surface area contributed by atoms with E-state index in [2.05, 4.69) is 0 Å². The maximum Gasteiger partial charge on any atom is 0.239 e. The molecule has 0 saturated heterocycles. The van der Waals surface area contributed by atoms with Crippen molar-refractivity contribution in [1.82, 2.24) is 0 Å². The molecule has 3 rings (SSSR count). The maximum absolute atomic E-state index is 12.6. The largest absolute Gasteiger partial charge is 0.508 e. The van der Waals surface area contributed by atoms with Crippen molar-refractivity contribution in [3.05, 3.63) is 50.6 Å². The van der Waals surface area contributed by atoms with E-state index in [-0.39, 0.29) is 33.3 Å². The molecule has 0 saturated carbocycles. The number of phenolic OH excluding ortho intramolecular Hbond substituents is 2. The molecule has 7 heteroatoms. The summed E-state index contributed by atoms with van der Waals surface area (Å²) < 4.78 is 10.8. The van der Waals surface area contributed by atoms with E-state index in [0.29, 0.717) is 10.6 Å². The first-order chi connectivity index (χ1) is 10.9. The predicted octanol–water partition coefficient (Wildman–Crippen LogP) is 4.19. The van der Waals surface area contributed by atoms with Crippen molar-refractivity contribution in [2.24, 2.45) is 0 Å². The summed E-state index contributed by atoms with van der Waals surface area (Å²) in [6.45, 7) is 0. The second-order valence-corrected chi connectivity index (χ2v) is 5.60. The minimum Gasteiger partial charge on any atom is -0.508 e. The van der Waals surface area contributed by atoms with Crippen molar-refractivity contribution >= 4 is 34.2 Å². The molecule has 118 valence electrons. The van der Waals surface area contributed by atoms with Gasteiger partial charge in [0.1, 0.15) is 22.5 Å². The van der Waals surface area contributed by atoms with Crippen molar-refractivity contribution in [2.45, 2.75) is 0 Å². The highest BCUT2D eigenvalue weighted by atomic mass is 35.5. The van der Waals surface area contributed by atoms with Gasteiger partial charge in [-0.25, -0.2) is 0 Å². The third-order valence-corrected chi connectivity index (χ3v) is 3.85. The van der Waals surface area contributed by atoms with Crippen LogP contribution in [-0.4, -0.2) is 17.3 Å². The number of methoxy groups -OCH3 is 1. The van der Waals surface area contributed by atoms with Crippen molar-refractivity contribution < 1.29 is 19.4 Å². The molecule has 5 nitrogen and oxygen atoms in total. The van der Waals surface area contributed by atoms with E-state index < -0.39 is 11.2 Å². The van der Waals surface area contributed by atoms with Gasteiger partial charge in [-0.1, -0.05) is 23.2 Å². The molecule has 0 aliphatic carbocycles. The minimum absolute atomic E-state index is 0.00863. The zero-order valence-corrected chi connectivity index (χ0v) is 13.3. The number of halogens is 2. The highest BCUT2D eigenvalue weighted by Crippen LogP contribution is 2.38. The van der Waals surface area contributed by atoms with Crippen LogP contribution in [0.2, 0.25) is 10.0 Å². The summed E-state index contributed by atoms with van der Waals surface area (Å²) in [5.74, 6) is -0.670. The third kappa shape index (κ3) is 2.58. The molecule has 0 fully saturated rings. The fraction of sp³-hybridized carbons (Fsp3) is 0.0625. The molecular weight excluding hydrogens is 343 g/mol. The van der Waals surface area contributed by atoms with Crippen molar-refractivity contribution in [2.75, 3.05) is 7.11 Å². The van der Waals surface area contributed by atoms with Crippen LogP contribution in [0, 0.1) is 0 Å². The Hall–Kier alpha value is -2.37. The molecule has 2 aromatic carbocycles. The summed E-state index contributed by atoms with van der Waals surface area (Å²) in [5, 5.41) is 20.1. The Labute approximate surface area is 140 Å². The fourth-order valence-electron chi connectivity index (χ4n) is 2.30. The van der Waals surface area contributed by atoms with Crippen LogP contribution < -0.4 is 10.2 Å². The van der Waals surface area contributed by atoms with Gasteiger partial charge in [0.25, 0.3) is 0 Å². The van der Waals surface area contributed by atoms with Crippen LogP contribution in [-0.2, 0) is 0 Å². The van der Waals surface area contributed by atoms with Crippen LogP contribution in [0.25, 0.3) is 22.3 Å². The molecule has 0 spiro atoms. The summed E-state index contributed by atoms with van der Waals surface area (Å²) in [4.78, 5) is 12.6. The average molecular weight is 353 g/mol. The van der Waals surface area contributed by atoms with E-state index in [9.17, 15) is 15.0 Å². The Balaban J connectivity index is 2.43. The van der Waals surface area contributed by atoms with Gasteiger partial charge in [-0.2, -0.15) is 0 Å². The molecular formula is C16H10Cl2O5. The highest BCUT2D eigenvalue weighted by Gasteiger charge is 2.21. The van der Waals surface area contributed by atoms with Gasteiger partial charge in [0.2, 0.25) is 11.2 Å². The van der Waals surface area contributed by atoms with Crippen molar-refractivity contribution in [3.8, 4) is 28.6 Å². The summed E-state index contributed by atoms with van der Waals surface area (Å²) in [7, 11) is 1.31. The zero-order valence-electron chi connectivity index (χ0n) is 11.8. The van der Waals surface area contributed by atoms with Crippen molar-refractivity contribution in [1.29, 1.82) is 0 Å². The molecule has 0 radical (unpaired) electrons. The molecule has 0 unspecified atom stereocenters. The summed E-state index contributed by atoms with van der Waals surface area (Å²) in [6.07, 6.45) is 0. The van der Waals surface area contributed by atoms with E-state index >= 15 is 0 Å². The molecule has 1 heterocycles. The second-order valence-electron chi connectivity index (χ2n) is 4.76. The molecule has 0 aliphatic rings. The van der Waals surface area contributed by atoms with Gasteiger partial charge in [-0.3, -0.25) is 4.79 Å². The average Bonchev–Trinajstić information content (AvgIpc) is 2.46. The number of ether oxygens (including phenoxy) is 1. The van der Waals surface area contributed by atoms with E-state index in [0.717, 1.165) is 6.07 Å². The topological polar surface area (TPSA) is 79.9 Å². The van der Waals surface area contributed by atoms with E-state index in [1.807, 2.05) is 0 Å². The number of aromatic hydroxyl groups is 2. The molecule has 0 atom stereocenters. The van der Waals surface area contributed by atoms with E-state index in [1.54, 1.807) is 12.1 Å². The quantitative estimate of drug-likeness (QED) is 0.722. The van der Waals surface area contributed by atoms with Gasteiger partial charge in [-0.05, 0) is 18.2 Å². The Morgan fingerprint density at radius 2 is 1.87 bits per heavy atom. The second kappa shape index (κ2) is 5.68. The molecule has 3 aromatic rings. The zero-order chi connectivity index (χ0) is 16.7. The van der Waals surface area contributed by atoms with Gasteiger partial charge in [0.15, 0.2) is 5.76 Å². The van der Waals surface area contributed by atoms with Crippen LogP contribution in [0.1, 0.15) is 0 Å². The fourth-order valence-corrected chi connectivity index (χ4v) is 2.80. The van der Waals surface area contributed by atoms with Crippen molar-refractivity contribution in [3.63, 3.8) is 0 Å². The lowest BCUT2D eigenvalue weighted by atomic mass is 10.1. The minimum atomic E-state index is -0.577. The van der Waals surface area contributed by atoms with Crippen LogP contribution in [0.5, 0.6) is 17.2 Å². The molecule has 2 N–H and O–H groups in total. The summed E-state index contributed by atoms with van der Waals surface area (Å²) in [5.41, 5.74) is -0.170. The van der Waals surface area contributed by atoms with Crippen LogP contribution in [0.15, 0.2) is 39.5 Å². The van der Waals surface area contributed by atoms with Crippen LogP contribution in [0.3, 0.4) is 0 Å². The number of hydrogen-bond acceptors (Lipinski definition) is 5. The number of hydrogen-bond donors (Lipinski definition) is 2. The lowest BCUT2D eigenvalue weighted by Crippen LogP contribution is -2.08. The van der Waals surface area contributed by atoms with E-state index in [4.69, 9.17) is 32.4 Å². The normalized spacial score (nSPS) is 10.9. The number of fused-ring (bicyclic) bond motifs is 1. The number of rotatable bonds is 2. The standard InChI is InChI=1S/C16H10Cl2O5/c1-22-16-14(21)13-11(20)5-8(19)6-12(13)23-15(16)9-3-2-7(17)4-10(9)18/h2-6,19-20H,1H3. The summed E-state index contributed by atoms with van der Waals surface area (Å²) in [6, 6.07) is 6.95. The predicted molar refractivity (Wildman–Crippen MR) is 87.8 cm³/mol. The Kier molecular flexibility index (Phi) is 3.83. The lowest BCUT2D eigenvalue weighted by molar-refractivity contribution is 0.397. The highest BCUT2D eigenvalue weighted by molar-refractivity contribution is 6.36. The van der Waals surface area contributed by atoms with Gasteiger partial charge in [-0.15, -0.1) is 0 Å². The van der Waals surface area contributed by atoms with Gasteiger partial charge < -0.3 is 19.4 Å². The Morgan fingerprint density at radius 3 is 2.52 bits per heavy atom. The first-order valence-electron chi connectivity index (χ1n) is 6.44. The van der Waals surface area contributed by atoms with Gasteiger partial charge in [0, 0.05) is 22.7 Å². The first kappa shape index (κ1) is 15.5. The monoisotopic (exact) mass is 352 g/mol. The molecule has 0 bridgehead atoms. The molecule has 1 aromatic heterocycles. The Morgan fingerprint density at radius 1 is 1.13 bits per heavy atom. The molecule has 0 aliphatic heterocycles. The molecule has 23 heavy (non-hydrogen) atoms. The van der Waals surface area contributed by atoms with Gasteiger partial charge >= 0.3 is 0 Å². The van der Waals surface area contributed by atoms with Crippen LogP contribution in [0.4, 0.5) is 0 Å². The maximum atomic E-state index is 12.6.